The van der Waals surface area contributed by atoms with Crippen molar-refractivity contribution in [3.63, 3.8) is 0 Å². The summed E-state index contributed by atoms with van der Waals surface area (Å²) in [4.78, 5) is 16.9. The number of hydrogen-bond acceptors (Lipinski definition) is 7. The Bertz CT molecular complexity index is 1100. The predicted octanol–water partition coefficient (Wildman–Crippen LogP) is 4.06. The molecule has 142 valence electrons. The second-order valence-corrected chi connectivity index (χ2v) is 6.56. The molecular formula is C19H16N4O4S. The van der Waals surface area contributed by atoms with E-state index < -0.39 is 0 Å². The van der Waals surface area contributed by atoms with E-state index in [1.807, 2.05) is 23.6 Å². The molecule has 28 heavy (non-hydrogen) atoms. The second kappa shape index (κ2) is 7.57. The lowest BCUT2D eigenvalue weighted by atomic mass is 10.1. The third kappa shape index (κ3) is 3.47. The van der Waals surface area contributed by atoms with E-state index in [2.05, 4.69) is 20.5 Å². The molecule has 8 nitrogen and oxygen atoms in total. The molecule has 0 saturated carbocycles. The van der Waals surface area contributed by atoms with Crippen molar-refractivity contribution >= 4 is 22.4 Å². The van der Waals surface area contributed by atoms with Crippen LogP contribution >= 0.6 is 11.3 Å². The van der Waals surface area contributed by atoms with Crippen LogP contribution in [0.25, 0.3) is 22.7 Å². The van der Waals surface area contributed by atoms with Crippen LogP contribution in [0, 0.1) is 0 Å². The summed E-state index contributed by atoms with van der Waals surface area (Å²) in [5.41, 5.74) is 2.31. The van der Waals surface area contributed by atoms with Crippen LogP contribution in [0.2, 0.25) is 0 Å². The SMILES string of the molecule is COc1ccc(OC)c(-c2csc(NC(=O)c3cc(-c4ccco4)[nH]n3)n2)c1. The maximum atomic E-state index is 12.5. The first-order chi connectivity index (χ1) is 13.7. The van der Waals surface area contributed by atoms with Crippen LogP contribution in [0.15, 0.2) is 52.5 Å². The molecule has 0 atom stereocenters. The molecule has 3 aromatic heterocycles. The fourth-order valence-corrected chi connectivity index (χ4v) is 3.33. The summed E-state index contributed by atoms with van der Waals surface area (Å²) in [5, 5.41) is 11.9. The number of carbonyl (C=O) groups is 1. The molecule has 0 aliphatic heterocycles. The van der Waals surface area contributed by atoms with Gasteiger partial charge in [0.15, 0.2) is 16.6 Å². The van der Waals surface area contributed by atoms with Gasteiger partial charge in [-0.3, -0.25) is 15.2 Å². The number of methoxy groups -OCH3 is 2. The lowest BCUT2D eigenvalue weighted by Gasteiger charge is -2.08. The number of nitrogens with one attached hydrogen (secondary N) is 2. The minimum Gasteiger partial charge on any atom is -0.497 e. The highest BCUT2D eigenvalue weighted by Crippen LogP contribution is 2.35. The predicted molar refractivity (Wildman–Crippen MR) is 105 cm³/mol. The van der Waals surface area contributed by atoms with E-state index in [9.17, 15) is 4.79 Å². The first-order valence-corrected chi connectivity index (χ1v) is 9.14. The van der Waals surface area contributed by atoms with Crippen LogP contribution in [-0.2, 0) is 0 Å². The fraction of sp³-hybridized carbons (Fsp3) is 0.105. The van der Waals surface area contributed by atoms with E-state index in [1.165, 1.54) is 11.3 Å². The number of furan rings is 1. The van der Waals surface area contributed by atoms with Crippen LogP contribution in [0.1, 0.15) is 10.5 Å². The van der Waals surface area contributed by atoms with Crippen LogP contribution in [0.5, 0.6) is 11.5 Å². The summed E-state index contributed by atoms with van der Waals surface area (Å²) >= 11 is 1.31. The van der Waals surface area contributed by atoms with Gasteiger partial charge in [0.25, 0.3) is 5.91 Å². The Labute approximate surface area is 164 Å². The summed E-state index contributed by atoms with van der Waals surface area (Å²) in [7, 11) is 3.19. The molecule has 0 fully saturated rings. The number of rotatable bonds is 6. The molecule has 4 aromatic rings. The van der Waals surface area contributed by atoms with E-state index in [-0.39, 0.29) is 11.6 Å². The fourth-order valence-electron chi connectivity index (χ4n) is 2.63. The molecule has 0 aliphatic carbocycles. The molecular weight excluding hydrogens is 380 g/mol. The smallest absolute Gasteiger partial charge is 0.277 e. The van der Waals surface area contributed by atoms with Gasteiger partial charge in [0, 0.05) is 17.0 Å². The molecule has 0 radical (unpaired) electrons. The van der Waals surface area contributed by atoms with Crippen LogP contribution < -0.4 is 14.8 Å². The van der Waals surface area contributed by atoms with Gasteiger partial charge in [0.2, 0.25) is 0 Å². The number of amides is 1. The average molecular weight is 396 g/mol. The van der Waals surface area contributed by atoms with Crippen molar-refractivity contribution in [3.8, 4) is 34.2 Å². The molecule has 0 bridgehead atoms. The van der Waals surface area contributed by atoms with Crippen LogP contribution in [0.3, 0.4) is 0 Å². The molecule has 0 spiro atoms. The Kier molecular flexibility index (Phi) is 4.81. The van der Waals surface area contributed by atoms with Crippen LogP contribution in [-0.4, -0.2) is 35.3 Å². The molecule has 1 amide bonds. The molecule has 4 rings (SSSR count). The van der Waals surface area contributed by atoms with Gasteiger partial charge in [-0.15, -0.1) is 11.3 Å². The van der Waals surface area contributed by atoms with Crippen molar-refractivity contribution in [2.75, 3.05) is 19.5 Å². The summed E-state index contributed by atoms with van der Waals surface area (Å²) in [6, 6.07) is 10.6. The van der Waals surface area contributed by atoms with Crippen molar-refractivity contribution in [2.24, 2.45) is 0 Å². The molecule has 1 aromatic carbocycles. The van der Waals surface area contributed by atoms with Gasteiger partial charge in [-0.05, 0) is 30.3 Å². The van der Waals surface area contributed by atoms with E-state index in [0.717, 1.165) is 5.56 Å². The van der Waals surface area contributed by atoms with Crippen molar-refractivity contribution in [3.05, 3.63) is 53.7 Å². The summed E-state index contributed by atoms with van der Waals surface area (Å²) in [6.07, 6.45) is 1.56. The van der Waals surface area contributed by atoms with Gasteiger partial charge in [-0.1, -0.05) is 0 Å². The van der Waals surface area contributed by atoms with Gasteiger partial charge >= 0.3 is 0 Å². The standard InChI is InChI=1S/C19H16N4O4S/c1-25-11-5-6-16(26-2)12(8-11)15-10-28-19(20-15)21-18(24)14-9-13(22-23-14)17-4-3-7-27-17/h3-10H,1-2H3,(H,22,23)(H,20,21,24). The average Bonchev–Trinajstić information content (AvgIpc) is 3.48. The lowest BCUT2D eigenvalue weighted by Crippen LogP contribution is -2.12. The van der Waals surface area contributed by atoms with Gasteiger partial charge in [0.05, 0.1) is 26.2 Å². The number of H-pyrrole nitrogens is 1. The quantitative estimate of drug-likeness (QED) is 0.509. The van der Waals surface area contributed by atoms with Crippen molar-refractivity contribution < 1.29 is 18.7 Å². The minimum absolute atomic E-state index is 0.238. The minimum atomic E-state index is -0.368. The number of carbonyl (C=O) groups excluding carboxylic acids is 1. The number of ether oxygens (including phenoxy) is 2. The Morgan fingerprint density at radius 3 is 2.86 bits per heavy atom. The highest BCUT2D eigenvalue weighted by atomic mass is 32.1. The Morgan fingerprint density at radius 2 is 2.11 bits per heavy atom. The molecule has 0 unspecified atom stereocenters. The Morgan fingerprint density at radius 1 is 1.21 bits per heavy atom. The van der Waals surface area contributed by atoms with Crippen molar-refractivity contribution in [1.82, 2.24) is 15.2 Å². The van der Waals surface area contributed by atoms with Crippen molar-refractivity contribution in [1.29, 1.82) is 0 Å². The third-order valence-electron chi connectivity index (χ3n) is 4.00. The number of benzene rings is 1. The molecule has 9 heteroatoms. The zero-order valence-corrected chi connectivity index (χ0v) is 15.9. The maximum absolute atomic E-state index is 12.5. The monoisotopic (exact) mass is 396 g/mol. The molecule has 0 saturated heterocycles. The Hall–Kier alpha value is -3.59. The second-order valence-electron chi connectivity index (χ2n) is 5.70. The maximum Gasteiger partial charge on any atom is 0.277 e. The summed E-state index contributed by atoms with van der Waals surface area (Å²) < 4.78 is 16.0. The number of anilines is 1. The summed E-state index contributed by atoms with van der Waals surface area (Å²) in [6.45, 7) is 0. The van der Waals surface area contributed by atoms with E-state index >= 15 is 0 Å². The van der Waals surface area contributed by atoms with Gasteiger partial charge in [-0.25, -0.2) is 4.98 Å². The van der Waals surface area contributed by atoms with E-state index in [0.29, 0.717) is 33.8 Å². The normalized spacial score (nSPS) is 10.6. The largest absolute Gasteiger partial charge is 0.497 e. The highest BCUT2D eigenvalue weighted by Gasteiger charge is 2.16. The number of aromatic nitrogens is 3. The molecule has 0 aliphatic rings. The third-order valence-corrected chi connectivity index (χ3v) is 4.76. The zero-order valence-electron chi connectivity index (χ0n) is 15.1. The van der Waals surface area contributed by atoms with Gasteiger partial charge < -0.3 is 13.9 Å². The van der Waals surface area contributed by atoms with E-state index in [4.69, 9.17) is 13.9 Å². The first kappa shape index (κ1) is 17.8. The number of aromatic amines is 1. The van der Waals surface area contributed by atoms with Gasteiger partial charge in [0.1, 0.15) is 17.2 Å². The van der Waals surface area contributed by atoms with Crippen molar-refractivity contribution in [2.45, 2.75) is 0 Å². The van der Waals surface area contributed by atoms with E-state index in [1.54, 1.807) is 38.7 Å². The molecule has 2 N–H and O–H groups in total. The topological polar surface area (TPSA) is 102 Å². The number of nitrogens with zero attached hydrogens (tertiary/aromatic N) is 2. The Balaban J connectivity index is 1.53. The number of thiazole rings is 1. The summed E-state index contributed by atoms with van der Waals surface area (Å²) in [5.74, 6) is 1.59. The first-order valence-electron chi connectivity index (χ1n) is 8.26. The zero-order chi connectivity index (χ0) is 19.5. The number of hydrogen-bond donors (Lipinski definition) is 2. The molecule has 3 heterocycles. The van der Waals surface area contributed by atoms with Crippen LogP contribution in [0.4, 0.5) is 5.13 Å². The lowest BCUT2D eigenvalue weighted by molar-refractivity contribution is 0.102. The van der Waals surface area contributed by atoms with Gasteiger partial charge in [-0.2, -0.15) is 5.10 Å². The highest BCUT2D eigenvalue weighted by molar-refractivity contribution is 7.14.